The van der Waals surface area contributed by atoms with Crippen molar-refractivity contribution in [2.75, 3.05) is 5.73 Å². The zero-order valence-corrected chi connectivity index (χ0v) is 7.38. The molecule has 0 fully saturated rings. The van der Waals surface area contributed by atoms with Crippen molar-refractivity contribution in [3.05, 3.63) is 23.4 Å². The highest BCUT2D eigenvalue weighted by Crippen LogP contribution is 2.32. The van der Waals surface area contributed by atoms with Crippen LogP contribution in [0.2, 0.25) is 0 Å². The predicted molar refractivity (Wildman–Crippen MR) is 45.0 cm³/mol. The van der Waals surface area contributed by atoms with Crippen LogP contribution in [-0.4, -0.2) is 16.1 Å². The molecule has 0 spiro atoms. The molecule has 1 aromatic rings. The number of nitrogen functional groups attached to an aromatic ring is 1. The first-order chi connectivity index (χ1) is 6.80. The minimum Gasteiger partial charge on any atom is -0.481 e. The summed E-state index contributed by atoms with van der Waals surface area (Å²) in [4.78, 5) is 13.7. The Morgan fingerprint density at radius 3 is 2.60 bits per heavy atom. The van der Waals surface area contributed by atoms with Gasteiger partial charge in [0.1, 0.15) is 5.82 Å². The molecule has 15 heavy (non-hydrogen) atoms. The van der Waals surface area contributed by atoms with Gasteiger partial charge in [0.15, 0.2) is 0 Å². The van der Waals surface area contributed by atoms with Gasteiger partial charge in [-0.3, -0.25) is 4.79 Å². The van der Waals surface area contributed by atoms with Crippen molar-refractivity contribution in [3.63, 3.8) is 0 Å². The Morgan fingerprint density at radius 1 is 1.53 bits per heavy atom. The maximum atomic E-state index is 12.4. The number of carbonyl (C=O) groups is 1. The van der Waals surface area contributed by atoms with Crippen molar-refractivity contribution >= 4 is 11.8 Å². The summed E-state index contributed by atoms with van der Waals surface area (Å²) in [5, 5.41) is 8.40. The third-order valence-electron chi connectivity index (χ3n) is 1.65. The molecule has 7 heteroatoms. The number of carboxylic acid groups (broad SMARTS) is 1. The number of hydrogen-bond donors (Lipinski definition) is 2. The highest BCUT2D eigenvalue weighted by molar-refractivity contribution is 5.70. The number of carboxylic acids is 1. The van der Waals surface area contributed by atoms with Gasteiger partial charge in [0.2, 0.25) is 0 Å². The zero-order valence-electron chi connectivity index (χ0n) is 7.38. The van der Waals surface area contributed by atoms with Crippen LogP contribution in [0.1, 0.15) is 11.1 Å². The SMILES string of the molecule is Nc1cc(C(F)(F)F)c(CC(=O)O)cn1. The minimum atomic E-state index is -4.62. The average molecular weight is 220 g/mol. The van der Waals surface area contributed by atoms with Crippen molar-refractivity contribution in [1.29, 1.82) is 0 Å². The van der Waals surface area contributed by atoms with Gasteiger partial charge in [0.25, 0.3) is 0 Å². The van der Waals surface area contributed by atoms with Gasteiger partial charge in [-0.25, -0.2) is 4.98 Å². The number of halogens is 3. The summed E-state index contributed by atoms with van der Waals surface area (Å²) in [5.41, 5.74) is 3.64. The number of hydrogen-bond acceptors (Lipinski definition) is 3. The molecule has 0 unspecified atom stereocenters. The van der Waals surface area contributed by atoms with Gasteiger partial charge >= 0.3 is 12.1 Å². The molecule has 0 aliphatic carbocycles. The second-order valence-electron chi connectivity index (χ2n) is 2.83. The Labute approximate surface area is 82.5 Å². The van der Waals surface area contributed by atoms with Gasteiger partial charge in [-0.1, -0.05) is 0 Å². The standard InChI is InChI=1S/C8H7F3N2O2/c9-8(10,11)5-2-6(12)13-3-4(5)1-7(14)15/h2-3H,1H2,(H2,12,13)(H,14,15). The molecule has 0 radical (unpaired) electrons. The monoisotopic (exact) mass is 220 g/mol. The van der Waals surface area contributed by atoms with Crippen LogP contribution in [0.4, 0.5) is 19.0 Å². The fourth-order valence-electron chi connectivity index (χ4n) is 1.07. The van der Waals surface area contributed by atoms with Gasteiger partial charge in [-0.05, 0) is 11.6 Å². The Kier molecular flexibility index (Phi) is 2.83. The first-order valence-electron chi connectivity index (χ1n) is 3.84. The maximum absolute atomic E-state index is 12.4. The molecule has 0 saturated carbocycles. The number of nitrogens with two attached hydrogens (primary N) is 1. The lowest BCUT2D eigenvalue weighted by Crippen LogP contribution is -2.13. The molecule has 0 aliphatic heterocycles. The first kappa shape index (κ1) is 11.3. The van der Waals surface area contributed by atoms with Crippen LogP contribution in [0.25, 0.3) is 0 Å². The smallest absolute Gasteiger partial charge is 0.416 e. The van der Waals surface area contributed by atoms with Crippen LogP contribution in [0.3, 0.4) is 0 Å². The van der Waals surface area contributed by atoms with E-state index in [1.807, 2.05) is 0 Å². The number of rotatable bonds is 2. The molecule has 1 heterocycles. The lowest BCUT2D eigenvalue weighted by atomic mass is 10.1. The summed E-state index contributed by atoms with van der Waals surface area (Å²) in [6, 6.07) is 0.623. The van der Waals surface area contributed by atoms with Gasteiger partial charge < -0.3 is 10.8 Å². The number of aromatic nitrogens is 1. The van der Waals surface area contributed by atoms with Crippen molar-refractivity contribution in [1.82, 2.24) is 4.98 Å². The molecule has 82 valence electrons. The fourth-order valence-corrected chi connectivity index (χ4v) is 1.07. The molecule has 4 nitrogen and oxygen atoms in total. The van der Waals surface area contributed by atoms with E-state index in [-0.39, 0.29) is 5.82 Å². The molecule has 1 aromatic heterocycles. The summed E-state index contributed by atoms with van der Waals surface area (Å²) in [5.74, 6) is -1.65. The van der Waals surface area contributed by atoms with Crippen molar-refractivity contribution in [2.24, 2.45) is 0 Å². The molecule has 0 bridgehead atoms. The Hall–Kier alpha value is -1.79. The molecular weight excluding hydrogens is 213 g/mol. The largest absolute Gasteiger partial charge is 0.481 e. The Morgan fingerprint density at radius 2 is 2.13 bits per heavy atom. The van der Waals surface area contributed by atoms with Crippen LogP contribution < -0.4 is 5.73 Å². The molecule has 0 aromatic carbocycles. The number of pyridine rings is 1. The van der Waals surface area contributed by atoms with Gasteiger partial charge in [-0.2, -0.15) is 13.2 Å². The first-order valence-corrected chi connectivity index (χ1v) is 3.84. The lowest BCUT2D eigenvalue weighted by molar-refractivity contribution is -0.139. The van der Waals surface area contributed by atoms with Gasteiger partial charge in [0.05, 0.1) is 12.0 Å². The molecule has 1 rings (SSSR count). The minimum absolute atomic E-state index is 0.295. The highest BCUT2D eigenvalue weighted by Gasteiger charge is 2.34. The van der Waals surface area contributed by atoms with E-state index in [1.54, 1.807) is 0 Å². The summed E-state index contributed by atoms with van der Waals surface area (Å²) in [6.07, 6.45) is -4.53. The van der Waals surface area contributed by atoms with Crippen molar-refractivity contribution in [3.8, 4) is 0 Å². The van der Waals surface area contributed by atoms with E-state index in [0.29, 0.717) is 6.07 Å². The summed E-state index contributed by atoms with van der Waals surface area (Å²) < 4.78 is 37.2. The Balaban J connectivity index is 3.20. The van der Waals surface area contributed by atoms with Crippen LogP contribution in [-0.2, 0) is 17.4 Å². The van der Waals surface area contributed by atoms with Crippen molar-refractivity contribution in [2.45, 2.75) is 12.6 Å². The number of aliphatic carboxylic acids is 1. The van der Waals surface area contributed by atoms with E-state index in [9.17, 15) is 18.0 Å². The molecular formula is C8H7F3N2O2. The van der Waals surface area contributed by atoms with E-state index in [2.05, 4.69) is 4.98 Å². The third-order valence-corrected chi connectivity index (χ3v) is 1.65. The molecule has 0 atom stereocenters. The number of nitrogens with zero attached hydrogens (tertiary/aromatic N) is 1. The van der Waals surface area contributed by atoms with E-state index >= 15 is 0 Å². The Bertz CT molecular complexity index is 390. The number of alkyl halides is 3. The highest BCUT2D eigenvalue weighted by atomic mass is 19.4. The lowest BCUT2D eigenvalue weighted by Gasteiger charge is -2.11. The van der Waals surface area contributed by atoms with E-state index in [0.717, 1.165) is 6.20 Å². The van der Waals surface area contributed by atoms with E-state index < -0.39 is 29.7 Å². The molecule has 0 amide bonds. The van der Waals surface area contributed by atoms with E-state index in [1.165, 1.54) is 0 Å². The van der Waals surface area contributed by atoms with Crippen LogP contribution >= 0.6 is 0 Å². The molecule has 0 aliphatic rings. The second-order valence-corrected chi connectivity index (χ2v) is 2.83. The third kappa shape index (κ3) is 2.83. The number of anilines is 1. The predicted octanol–water partition coefficient (Wildman–Crippen LogP) is 1.31. The summed E-state index contributed by atoms with van der Waals surface area (Å²) >= 11 is 0. The summed E-state index contributed by atoms with van der Waals surface area (Å²) in [7, 11) is 0. The van der Waals surface area contributed by atoms with Crippen LogP contribution in [0.15, 0.2) is 12.3 Å². The maximum Gasteiger partial charge on any atom is 0.416 e. The van der Waals surface area contributed by atoms with E-state index in [4.69, 9.17) is 10.8 Å². The van der Waals surface area contributed by atoms with Crippen molar-refractivity contribution < 1.29 is 23.1 Å². The quantitative estimate of drug-likeness (QED) is 0.787. The van der Waals surface area contributed by atoms with Crippen LogP contribution in [0.5, 0.6) is 0 Å². The topological polar surface area (TPSA) is 76.2 Å². The zero-order chi connectivity index (χ0) is 11.6. The van der Waals surface area contributed by atoms with Gasteiger partial charge in [0, 0.05) is 6.20 Å². The normalized spacial score (nSPS) is 11.4. The second kappa shape index (κ2) is 3.76. The summed E-state index contributed by atoms with van der Waals surface area (Å²) in [6.45, 7) is 0. The molecule has 0 saturated heterocycles. The average Bonchev–Trinajstić information content (AvgIpc) is 2.05. The fraction of sp³-hybridized carbons (Fsp3) is 0.250. The van der Waals surface area contributed by atoms with Gasteiger partial charge in [-0.15, -0.1) is 0 Å². The molecule has 3 N–H and O–H groups in total. The van der Waals surface area contributed by atoms with Crippen LogP contribution in [0, 0.1) is 0 Å².